The second-order valence-electron chi connectivity index (χ2n) is 6.41. The molecule has 0 spiro atoms. The Morgan fingerprint density at radius 1 is 1.08 bits per heavy atom. The average Bonchev–Trinajstić information content (AvgIpc) is 3.00. The van der Waals surface area contributed by atoms with E-state index >= 15 is 0 Å². The van der Waals surface area contributed by atoms with Crippen molar-refractivity contribution in [3.8, 4) is 11.3 Å². The van der Waals surface area contributed by atoms with Gasteiger partial charge in [-0.25, -0.2) is 9.97 Å². The fourth-order valence-corrected chi connectivity index (χ4v) is 2.50. The van der Waals surface area contributed by atoms with Crippen LogP contribution in [-0.4, -0.2) is 25.1 Å². The Kier molecular flexibility index (Phi) is 5.02. The minimum absolute atomic E-state index is 0.413. The van der Waals surface area contributed by atoms with Gasteiger partial charge in [0, 0.05) is 29.6 Å². The molecule has 130 valence electrons. The second-order valence-corrected chi connectivity index (χ2v) is 6.41. The summed E-state index contributed by atoms with van der Waals surface area (Å²) in [7, 11) is 0. The summed E-state index contributed by atoms with van der Waals surface area (Å²) in [4.78, 5) is 17.7. The minimum Gasteiger partial charge on any atom is -0.347 e. The van der Waals surface area contributed by atoms with Crippen molar-refractivity contribution in [2.45, 2.75) is 40.7 Å². The molecule has 3 rings (SSSR count). The standard InChI is InChI=1S/C18H22N6O/c1-11(2)9-17-23-16(24-25-17)10-20-18-19-8-7-15(22-18)14-6-5-12(3)21-13(14)4/h5-8,11H,9-10H2,1-4H3,(H,19,20,22). The van der Waals surface area contributed by atoms with Gasteiger partial charge in [0.2, 0.25) is 11.8 Å². The number of aromatic nitrogens is 5. The third-order valence-electron chi connectivity index (χ3n) is 3.65. The van der Waals surface area contributed by atoms with Crippen molar-refractivity contribution in [1.29, 1.82) is 0 Å². The van der Waals surface area contributed by atoms with Gasteiger partial charge in [0.15, 0.2) is 5.82 Å². The van der Waals surface area contributed by atoms with Crippen molar-refractivity contribution in [3.05, 3.63) is 47.5 Å². The third kappa shape index (κ3) is 4.37. The molecule has 0 amide bonds. The van der Waals surface area contributed by atoms with E-state index in [1.54, 1.807) is 6.20 Å². The Bertz CT molecular complexity index is 858. The molecular weight excluding hydrogens is 316 g/mol. The minimum atomic E-state index is 0.413. The predicted molar refractivity (Wildman–Crippen MR) is 94.9 cm³/mol. The number of rotatable bonds is 6. The maximum atomic E-state index is 5.23. The molecule has 0 unspecified atom stereocenters. The van der Waals surface area contributed by atoms with Crippen molar-refractivity contribution >= 4 is 5.95 Å². The fourth-order valence-electron chi connectivity index (χ4n) is 2.50. The molecule has 0 bridgehead atoms. The molecule has 3 aromatic rings. The van der Waals surface area contributed by atoms with E-state index in [-0.39, 0.29) is 0 Å². The summed E-state index contributed by atoms with van der Waals surface area (Å²) in [6.45, 7) is 8.60. The van der Waals surface area contributed by atoms with Gasteiger partial charge in [0.25, 0.3) is 0 Å². The monoisotopic (exact) mass is 338 g/mol. The van der Waals surface area contributed by atoms with Gasteiger partial charge in [0.1, 0.15) is 0 Å². The lowest BCUT2D eigenvalue weighted by Gasteiger charge is -2.07. The molecular formula is C18H22N6O. The zero-order valence-electron chi connectivity index (χ0n) is 14.9. The van der Waals surface area contributed by atoms with Crippen LogP contribution in [-0.2, 0) is 13.0 Å². The van der Waals surface area contributed by atoms with Gasteiger partial charge in [0.05, 0.1) is 12.2 Å². The van der Waals surface area contributed by atoms with E-state index in [4.69, 9.17) is 4.52 Å². The van der Waals surface area contributed by atoms with E-state index in [0.29, 0.717) is 30.1 Å². The van der Waals surface area contributed by atoms with Crippen LogP contribution >= 0.6 is 0 Å². The average molecular weight is 338 g/mol. The number of nitrogens with one attached hydrogen (secondary N) is 1. The highest BCUT2D eigenvalue weighted by Gasteiger charge is 2.10. The molecule has 0 aromatic carbocycles. The Labute approximate surface area is 146 Å². The van der Waals surface area contributed by atoms with Gasteiger partial charge in [-0.1, -0.05) is 19.0 Å². The van der Waals surface area contributed by atoms with Crippen LogP contribution in [0.5, 0.6) is 0 Å². The zero-order chi connectivity index (χ0) is 17.8. The summed E-state index contributed by atoms with van der Waals surface area (Å²) >= 11 is 0. The summed E-state index contributed by atoms with van der Waals surface area (Å²) in [6, 6.07) is 5.88. The molecule has 0 aliphatic carbocycles. The largest absolute Gasteiger partial charge is 0.347 e. The van der Waals surface area contributed by atoms with Crippen molar-refractivity contribution < 1.29 is 4.52 Å². The molecule has 25 heavy (non-hydrogen) atoms. The van der Waals surface area contributed by atoms with Crippen LogP contribution in [0.4, 0.5) is 5.95 Å². The Morgan fingerprint density at radius 3 is 2.68 bits per heavy atom. The maximum absolute atomic E-state index is 5.23. The molecule has 0 radical (unpaired) electrons. The third-order valence-corrected chi connectivity index (χ3v) is 3.65. The van der Waals surface area contributed by atoms with E-state index < -0.39 is 0 Å². The first kappa shape index (κ1) is 17.0. The SMILES string of the molecule is Cc1ccc(-c2ccnc(NCc3noc(CC(C)C)n3)n2)c(C)n1. The van der Waals surface area contributed by atoms with Gasteiger partial charge in [-0.3, -0.25) is 4.98 Å². The zero-order valence-corrected chi connectivity index (χ0v) is 14.9. The quantitative estimate of drug-likeness (QED) is 0.737. The lowest BCUT2D eigenvalue weighted by molar-refractivity contribution is 0.359. The molecule has 0 saturated heterocycles. The lowest BCUT2D eigenvalue weighted by atomic mass is 10.1. The fraction of sp³-hybridized carbons (Fsp3) is 0.389. The van der Waals surface area contributed by atoms with Gasteiger partial charge >= 0.3 is 0 Å². The second kappa shape index (κ2) is 7.38. The van der Waals surface area contributed by atoms with Crippen LogP contribution in [0.25, 0.3) is 11.3 Å². The predicted octanol–water partition coefficient (Wildman–Crippen LogP) is 3.35. The van der Waals surface area contributed by atoms with Crippen molar-refractivity contribution in [3.63, 3.8) is 0 Å². The summed E-state index contributed by atoms with van der Waals surface area (Å²) in [5.74, 6) is 2.25. The van der Waals surface area contributed by atoms with Gasteiger partial charge < -0.3 is 9.84 Å². The first-order valence-corrected chi connectivity index (χ1v) is 8.34. The molecule has 7 nitrogen and oxygen atoms in total. The number of pyridine rings is 1. The number of hydrogen-bond acceptors (Lipinski definition) is 7. The highest BCUT2D eigenvalue weighted by Crippen LogP contribution is 2.21. The first-order valence-electron chi connectivity index (χ1n) is 8.34. The number of anilines is 1. The molecule has 7 heteroatoms. The van der Waals surface area contributed by atoms with Crippen LogP contribution in [0, 0.1) is 19.8 Å². The topological polar surface area (TPSA) is 89.6 Å². The van der Waals surface area contributed by atoms with Gasteiger partial charge in [-0.05, 0) is 38.0 Å². The van der Waals surface area contributed by atoms with Crippen LogP contribution in [0.15, 0.2) is 28.9 Å². The Balaban J connectivity index is 1.70. The van der Waals surface area contributed by atoms with Crippen molar-refractivity contribution in [1.82, 2.24) is 25.1 Å². The van der Waals surface area contributed by atoms with Gasteiger partial charge in [-0.15, -0.1) is 0 Å². The summed E-state index contributed by atoms with van der Waals surface area (Å²) in [6.07, 6.45) is 2.50. The highest BCUT2D eigenvalue weighted by atomic mass is 16.5. The summed E-state index contributed by atoms with van der Waals surface area (Å²) in [5.41, 5.74) is 3.76. The van der Waals surface area contributed by atoms with Gasteiger partial charge in [-0.2, -0.15) is 4.98 Å². The molecule has 0 aliphatic rings. The summed E-state index contributed by atoms with van der Waals surface area (Å²) < 4.78 is 5.23. The maximum Gasteiger partial charge on any atom is 0.226 e. The van der Waals surface area contributed by atoms with Crippen molar-refractivity contribution in [2.24, 2.45) is 5.92 Å². The number of hydrogen-bond donors (Lipinski definition) is 1. The van der Waals surface area contributed by atoms with Crippen LogP contribution in [0.3, 0.4) is 0 Å². The highest BCUT2D eigenvalue weighted by molar-refractivity contribution is 5.62. The Hall–Kier alpha value is -2.83. The van der Waals surface area contributed by atoms with Crippen LogP contribution in [0.1, 0.15) is 37.0 Å². The first-order chi connectivity index (χ1) is 12.0. The molecule has 0 fully saturated rings. The molecule has 0 aliphatic heterocycles. The molecule has 3 heterocycles. The van der Waals surface area contributed by atoms with Crippen molar-refractivity contribution in [2.75, 3.05) is 5.32 Å². The molecule has 1 N–H and O–H groups in total. The molecule has 0 atom stereocenters. The molecule has 3 aromatic heterocycles. The van der Waals surface area contributed by atoms with Crippen LogP contribution in [0.2, 0.25) is 0 Å². The molecule has 0 saturated carbocycles. The number of aryl methyl sites for hydroxylation is 2. The van der Waals surface area contributed by atoms with E-state index in [1.807, 2.05) is 32.0 Å². The number of nitrogens with zero attached hydrogens (tertiary/aromatic N) is 5. The van der Waals surface area contributed by atoms with E-state index in [1.165, 1.54) is 0 Å². The van der Waals surface area contributed by atoms with E-state index in [2.05, 4.69) is 44.3 Å². The Morgan fingerprint density at radius 2 is 1.92 bits per heavy atom. The smallest absolute Gasteiger partial charge is 0.226 e. The van der Waals surface area contributed by atoms with E-state index in [0.717, 1.165) is 29.1 Å². The normalized spacial score (nSPS) is 11.1. The van der Waals surface area contributed by atoms with Crippen LogP contribution < -0.4 is 5.32 Å². The summed E-state index contributed by atoms with van der Waals surface area (Å²) in [5, 5.41) is 7.12. The lowest BCUT2D eigenvalue weighted by Crippen LogP contribution is -2.06. The van der Waals surface area contributed by atoms with E-state index in [9.17, 15) is 0 Å².